The molecule has 0 aliphatic carbocycles. The highest BCUT2D eigenvalue weighted by molar-refractivity contribution is 5.79. The zero-order chi connectivity index (χ0) is 14.6. The molecule has 1 atom stereocenters. The highest BCUT2D eigenvalue weighted by Crippen LogP contribution is 2.18. The topological polar surface area (TPSA) is 49.9 Å². The highest BCUT2D eigenvalue weighted by atomic mass is 16.6. The summed E-state index contributed by atoms with van der Waals surface area (Å²) in [4.78, 5) is 26.7. The standard InChI is InChI=1S/C14H24N2O3/c1-6-11-9-12(17)16(10-11)8-7-15(5)13(18)19-14(2,3)4/h6,11H,1,7-10H2,2-5H3. The van der Waals surface area contributed by atoms with Gasteiger partial charge in [0.25, 0.3) is 0 Å². The summed E-state index contributed by atoms with van der Waals surface area (Å²) in [5.74, 6) is 0.363. The van der Waals surface area contributed by atoms with Crippen molar-refractivity contribution in [1.82, 2.24) is 9.80 Å². The Labute approximate surface area is 115 Å². The second-order valence-corrected chi connectivity index (χ2v) is 5.94. The van der Waals surface area contributed by atoms with Crippen molar-refractivity contribution in [3.8, 4) is 0 Å². The number of hydrogen-bond acceptors (Lipinski definition) is 3. The normalized spacial score (nSPS) is 19.5. The molecule has 0 aromatic carbocycles. The Bertz CT molecular complexity index is 360. The van der Waals surface area contributed by atoms with Gasteiger partial charge in [0.15, 0.2) is 0 Å². The van der Waals surface area contributed by atoms with Crippen molar-refractivity contribution in [3.63, 3.8) is 0 Å². The summed E-state index contributed by atoms with van der Waals surface area (Å²) < 4.78 is 5.25. The first-order chi connectivity index (χ1) is 8.73. The smallest absolute Gasteiger partial charge is 0.410 e. The third kappa shape index (κ3) is 4.93. The summed E-state index contributed by atoms with van der Waals surface area (Å²) in [7, 11) is 1.68. The van der Waals surface area contributed by atoms with Gasteiger partial charge in [0, 0.05) is 39.0 Å². The van der Waals surface area contributed by atoms with E-state index in [4.69, 9.17) is 4.74 Å². The van der Waals surface area contributed by atoms with Crippen LogP contribution in [0.25, 0.3) is 0 Å². The largest absolute Gasteiger partial charge is 0.444 e. The molecule has 0 aromatic heterocycles. The average Bonchev–Trinajstić information content (AvgIpc) is 2.64. The summed E-state index contributed by atoms with van der Waals surface area (Å²) >= 11 is 0. The lowest BCUT2D eigenvalue weighted by atomic mass is 10.1. The molecular formula is C14H24N2O3. The van der Waals surface area contributed by atoms with Crippen LogP contribution >= 0.6 is 0 Å². The van der Waals surface area contributed by atoms with Gasteiger partial charge in [-0.15, -0.1) is 6.58 Å². The molecule has 19 heavy (non-hydrogen) atoms. The first-order valence-electron chi connectivity index (χ1n) is 6.57. The molecule has 0 saturated carbocycles. The van der Waals surface area contributed by atoms with E-state index in [2.05, 4.69) is 6.58 Å². The monoisotopic (exact) mass is 268 g/mol. The Morgan fingerprint density at radius 1 is 1.58 bits per heavy atom. The molecule has 0 radical (unpaired) electrons. The number of ether oxygens (including phenoxy) is 1. The van der Waals surface area contributed by atoms with Gasteiger partial charge in [0.2, 0.25) is 5.91 Å². The van der Waals surface area contributed by atoms with Crippen molar-refractivity contribution in [2.24, 2.45) is 5.92 Å². The van der Waals surface area contributed by atoms with Crippen LogP contribution in [-0.2, 0) is 9.53 Å². The summed E-state index contributed by atoms with van der Waals surface area (Å²) in [5.41, 5.74) is -0.497. The van der Waals surface area contributed by atoms with Gasteiger partial charge in [-0.3, -0.25) is 4.79 Å². The maximum Gasteiger partial charge on any atom is 0.410 e. The molecule has 5 heteroatoms. The van der Waals surface area contributed by atoms with Crippen LogP contribution in [0.15, 0.2) is 12.7 Å². The SMILES string of the molecule is C=CC1CC(=O)N(CCN(C)C(=O)OC(C)(C)C)C1. The van der Waals surface area contributed by atoms with Crippen LogP contribution in [0.1, 0.15) is 27.2 Å². The lowest BCUT2D eigenvalue weighted by molar-refractivity contribution is -0.127. The number of amides is 2. The van der Waals surface area contributed by atoms with E-state index in [1.807, 2.05) is 26.8 Å². The lowest BCUT2D eigenvalue weighted by Gasteiger charge is -2.26. The average molecular weight is 268 g/mol. The quantitative estimate of drug-likeness (QED) is 0.732. The van der Waals surface area contributed by atoms with Crippen LogP contribution in [0.5, 0.6) is 0 Å². The Morgan fingerprint density at radius 2 is 2.21 bits per heavy atom. The van der Waals surface area contributed by atoms with E-state index in [-0.39, 0.29) is 17.9 Å². The van der Waals surface area contributed by atoms with Crippen molar-refractivity contribution < 1.29 is 14.3 Å². The number of carbonyl (C=O) groups is 2. The van der Waals surface area contributed by atoms with Crippen molar-refractivity contribution in [2.75, 3.05) is 26.7 Å². The maximum absolute atomic E-state index is 11.7. The summed E-state index contributed by atoms with van der Waals surface area (Å²) in [5, 5.41) is 0. The fraction of sp³-hybridized carbons (Fsp3) is 0.714. The van der Waals surface area contributed by atoms with Crippen LogP contribution in [0, 0.1) is 5.92 Å². The van der Waals surface area contributed by atoms with Crippen molar-refractivity contribution in [1.29, 1.82) is 0 Å². The van der Waals surface area contributed by atoms with Gasteiger partial charge in [0.1, 0.15) is 5.60 Å². The van der Waals surface area contributed by atoms with Crippen LogP contribution in [-0.4, -0.2) is 54.1 Å². The molecule has 108 valence electrons. The molecule has 1 fully saturated rings. The Kier molecular flexibility index (Phi) is 4.97. The number of hydrogen-bond donors (Lipinski definition) is 0. The molecule has 1 heterocycles. The minimum absolute atomic E-state index is 0.127. The molecule has 0 aromatic rings. The minimum Gasteiger partial charge on any atom is -0.444 e. The minimum atomic E-state index is -0.497. The Morgan fingerprint density at radius 3 is 2.68 bits per heavy atom. The van der Waals surface area contributed by atoms with E-state index in [0.29, 0.717) is 26.1 Å². The predicted molar refractivity (Wildman–Crippen MR) is 73.7 cm³/mol. The van der Waals surface area contributed by atoms with Gasteiger partial charge in [-0.05, 0) is 20.8 Å². The van der Waals surface area contributed by atoms with Gasteiger partial charge in [-0.1, -0.05) is 6.08 Å². The molecule has 1 aliphatic rings. The first-order valence-corrected chi connectivity index (χ1v) is 6.57. The van der Waals surface area contributed by atoms with Crippen LogP contribution < -0.4 is 0 Å². The lowest BCUT2D eigenvalue weighted by Crippen LogP contribution is -2.39. The second kappa shape index (κ2) is 6.08. The van der Waals surface area contributed by atoms with Gasteiger partial charge >= 0.3 is 6.09 Å². The van der Waals surface area contributed by atoms with Gasteiger partial charge < -0.3 is 14.5 Å². The van der Waals surface area contributed by atoms with Crippen molar-refractivity contribution in [2.45, 2.75) is 32.8 Å². The summed E-state index contributed by atoms with van der Waals surface area (Å²) in [6.45, 7) is 10.9. The predicted octanol–water partition coefficient (Wildman–Crippen LogP) is 1.89. The fourth-order valence-electron chi connectivity index (χ4n) is 1.88. The Hall–Kier alpha value is -1.52. The zero-order valence-corrected chi connectivity index (χ0v) is 12.3. The van der Waals surface area contributed by atoms with Gasteiger partial charge in [0.05, 0.1) is 0 Å². The molecule has 0 bridgehead atoms. The van der Waals surface area contributed by atoms with Gasteiger partial charge in [-0.25, -0.2) is 4.79 Å². The number of likely N-dealkylation sites (N-methyl/N-ethyl adjacent to an activating group) is 1. The molecular weight excluding hydrogens is 244 g/mol. The fourth-order valence-corrected chi connectivity index (χ4v) is 1.88. The molecule has 0 spiro atoms. The number of nitrogens with zero attached hydrogens (tertiary/aromatic N) is 2. The number of likely N-dealkylation sites (tertiary alicyclic amines) is 1. The van der Waals surface area contributed by atoms with Gasteiger partial charge in [-0.2, -0.15) is 0 Å². The van der Waals surface area contributed by atoms with E-state index >= 15 is 0 Å². The molecule has 5 nitrogen and oxygen atoms in total. The van der Waals surface area contributed by atoms with Crippen molar-refractivity contribution >= 4 is 12.0 Å². The van der Waals surface area contributed by atoms with Crippen LogP contribution in [0.4, 0.5) is 4.79 Å². The number of carbonyl (C=O) groups excluding carboxylic acids is 2. The third-order valence-corrected chi connectivity index (χ3v) is 2.99. The van der Waals surface area contributed by atoms with Crippen molar-refractivity contribution in [3.05, 3.63) is 12.7 Å². The molecule has 1 aliphatic heterocycles. The summed E-state index contributed by atoms with van der Waals surface area (Å²) in [6, 6.07) is 0. The molecule has 1 rings (SSSR count). The van der Waals surface area contributed by atoms with Crippen LogP contribution in [0.2, 0.25) is 0 Å². The van der Waals surface area contributed by atoms with Crippen LogP contribution in [0.3, 0.4) is 0 Å². The molecule has 1 saturated heterocycles. The molecule has 0 N–H and O–H groups in total. The first kappa shape index (κ1) is 15.5. The highest BCUT2D eigenvalue weighted by Gasteiger charge is 2.28. The number of rotatable bonds is 4. The maximum atomic E-state index is 11.7. The van der Waals surface area contributed by atoms with E-state index in [0.717, 1.165) is 0 Å². The zero-order valence-electron chi connectivity index (χ0n) is 12.3. The van der Waals surface area contributed by atoms with E-state index in [1.54, 1.807) is 11.9 Å². The summed E-state index contributed by atoms with van der Waals surface area (Å²) in [6.07, 6.45) is 1.98. The molecule has 1 unspecified atom stereocenters. The Balaban J connectivity index is 2.38. The van der Waals surface area contributed by atoms with E-state index in [1.165, 1.54) is 4.90 Å². The molecule has 2 amide bonds. The van der Waals surface area contributed by atoms with E-state index in [9.17, 15) is 9.59 Å². The third-order valence-electron chi connectivity index (χ3n) is 2.99. The second-order valence-electron chi connectivity index (χ2n) is 5.94. The van der Waals surface area contributed by atoms with E-state index < -0.39 is 5.60 Å².